The van der Waals surface area contributed by atoms with E-state index in [1.54, 1.807) is 19.2 Å². The predicted octanol–water partition coefficient (Wildman–Crippen LogP) is 0.393. The summed E-state index contributed by atoms with van der Waals surface area (Å²) in [5, 5.41) is 13.3. The summed E-state index contributed by atoms with van der Waals surface area (Å²) in [7, 11) is 2.65. The molecule has 0 bridgehead atoms. The first-order chi connectivity index (χ1) is 12.7. The number of hydrogen-bond acceptors (Lipinski definition) is 5. The minimum absolute atomic E-state index is 0.0188. The standard InChI is InChI=1S/C18H25N3O3.CH4O/c1-24-12-15-11-19-10-14-8-5-9-16(18(23)21(14)15)20-17(22)13-6-3-2-4-7-13;1-2/h2-4,6-7,14-16,19H,5,8-12H2,1H3,(H,20,22);2H,1H3. The van der Waals surface area contributed by atoms with E-state index >= 15 is 0 Å². The molecule has 0 saturated carbocycles. The molecular weight excluding hydrogens is 334 g/mol. The molecule has 0 spiro atoms. The van der Waals surface area contributed by atoms with Gasteiger partial charge in [-0.1, -0.05) is 18.2 Å². The molecule has 7 heteroatoms. The molecule has 2 aliphatic rings. The van der Waals surface area contributed by atoms with Crippen LogP contribution < -0.4 is 10.6 Å². The van der Waals surface area contributed by atoms with Crippen molar-refractivity contribution in [1.29, 1.82) is 0 Å². The van der Waals surface area contributed by atoms with Gasteiger partial charge in [-0.25, -0.2) is 0 Å². The predicted molar refractivity (Wildman–Crippen MR) is 98.9 cm³/mol. The molecular formula is C19H29N3O4. The van der Waals surface area contributed by atoms with Crippen LogP contribution in [0.2, 0.25) is 0 Å². The van der Waals surface area contributed by atoms with Gasteiger partial charge in [0.15, 0.2) is 0 Å². The van der Waals surface area contributed by atoms with Crippen molar-refractivity contribution < 1.29 is 19.4 Å². The van der Waals surface area contributed by atoms with Crippen molar-refractivity contribution in [1.82, 2.24) is 15.5 Å². The number of rotatable bonds is 4. The Kier molecular flexibility index (Phi) is 8.03. The number of hydrogen-bond donors (Lipinski definition) is 3. The lowest BCUT2D eigenvalue weighted by Gasteiger charge is -2.42. The third-order valence-electron chi connectivity index (χ3n) is 4.83. The summed E-state index contributed by atoms with van der Waals surface area (Å²) in [6.45, 7) is 2.05. The molecule has 0 radical (unpaired) electrons. The van der Waals surface area contributed by atoms with Gasteiger partial charge in [0, 0.05) is 38.9 Å². The number of nitrogens with zero attached hydrogens (tertiary/aromatic N) is 1. The lowest BCUT2D eigenvalue weighted by Crippen LogP contribution is -2.63. The molecule has 7 nitrogen and oxygen atoms in total. The van der Waals surface area contributed by atoms with Crippen LogP contribution in [0.1, 0.15) is 29.6 Å². The van der Waals surface area contributed by atoms with Gasteiger partial charge in [0.2, 0.25) is 5.91 Å². The molecule has 2 saturated heterocycles. The molecule has 2 amide bonds. The fraction of sp³-hybridized carbons (Fsp3) is 0.579. The Morgan fingerprint density at radius 3 is 2.69 bits per heavy atom. The Labute approximate surface area is 154 Å². The van der Waals surface area contributed by atoms with Crippen LogP contribution >= 0.6 is 0 Å². The van der Waals surface area contributed by atoms with Gasteiger partial charge in [-0.3, -0.25) is 9.59 Å². The van der Waals surface area contributed by atoms with Crippen LogP contribution in [0.25, 0.3) is 0 Å². The minimum Gasteiger partial charge on any atom is -0.400 e. The maximum absolute atomic E-state index is 13.1. The lowest BCUT2D eigenvalue weighted by atomic mass is 10.1. The van der Waals surface area contributed by atoms with E-state index in [9.17, 15) is 9.59 Å². The molecule has 26 heavy (non-hydrogen) atoms. The van der Waals surface area contributed by atoms with Crippen molar-refractivity contribution in [3.8, 4) is 0 Å². The number of methoxy groups -OCH3 is 1. The molecule has 0 aliphatic carbocycles. The van der Waals surface area contributed by atoms with E-state index in [2.05, 4.69) is 10.6 Å². The third-order valence-corrected chi connectivity index (χ3v) is 4.83. The highest BCUT2D eigenvalue weighted by Crippen LogP contribution is 2.23. The van der Waals surface area contributed by atoms with Gasteiger partial charge in [0.05, 0.1) is 12.6 Å². The number of amides is 2. The monoisotopic (exact) mass is 363 g/mol. The second kappa shape index (κ2) is 10.3. The van der Waals surface area contributed by atoms with Gasteiger partial charge in [-0.2, -0.15) is 0 Å². The molecule has 3 unspecified atom stereocenters. The van der Waals surface area contributed by atoms with E-state index in [-0.39, 0.29) is 23.9 Å². The van der Waals surface area contributed by atoms with Gasteiger partial charge < -0.3 is 25.4 Å². The summed E-state index contributed by atoms with van der Waals surface area (Å²) >= 11 is 0. The summed E-state index contributed by atoms with van der Waals surface area (Å²) in [6.07, 6.45) is 2.56. The van der Waals surface area contributed by atoms with Gasteiger partial charge in [-0.15, -0.1) is 0 Å². The van der Waals surface area contributed by atoms with E-state index in [4.69, 9.17) is 9.84 Å². The van der Waals surface area contributed by atoms with E-state index in [1.165, 1.54) is 0 Å². The topological polar surface area (TPSA) is 90.9 Å². The third kappa shape index (κ3) is 4.81. The van der Waals surface area contributed by atoms with E-state index in [0.29, 0.717) is 18.6 Å². The summed E-state index contributed by atoms with van der Waals surface area (Å²) in [6, 6.07) is 8.79. The highest BCUT2D eigenvalue weighted by molar-refractivity contribution is 5.97. The molecule has 1 aromatic rings. The normalized spacial score (nSPS) is 25.4. The highest BCUT2D eigenvalue weighted by atomic mass is 16.5. The molecule has 3 atom stereocenters. The number of nitrogens with one attached hydrogen (secondary N) is 2. The van der Waals surface area contributed by atoms with E-state index < -0.39 is 6.04 Å². The van der Waals surface area contributed by atoms with Crippen LogP contribution in [0.4, 0.5) is 0 Å². The van der Waals surface area contributed by atoms with Crippen molar-refractivity contribution in [2.45, 2.75) is 37.4 Å². The molecule has 144 valence electrons. The van der Waals surface area contributed by atoms with Crippen LogP contribution in [0.15, 0.2) is 30.3 Å². The summed E-state index contributed by atoms with van der Waals surface area (Å²) in [5.41, 5.74) is 0.583. The quantitative estimate of drug-likeness (QED) is 0.720. The number of carbonyl (C=O) groups is 2. The van der Waals surface area contributed by atoms with Crippen LogP contribution in [-0.4, -0.2) is 73.9 Å². The van der Waals surface area contributed by atoms with Crippen LogP contribution in [0.3, 0.4) is 0 Å². The van der Waals surface area contributed by atoms with Crippen molar-refractivity contribution in [3.63, 3.8) is 0 Å². The summed E-state index contributed by atoms with van der Waals surface area (Å²) in [4.78, 5) is 27.4. The largest absolute Gasteiger partial charge is 0.400 e. The average molecular weight is 363 g/mol. The zero-order valence-corrected chi connectivity index (χ0v) is 15.5. The fourth-order valence-electron chi connectivity index (χ4n) is 3.67. The molecule has 3 rings (SSSR count). The van der Waals surface area contributed by atoms with Crippen molar-refractivity contribution in [2.75, 3.05) is 33.9 Å². The number of ether oxygens (including phenoxy) is 1. The van der Waals surface area contributed by atoms with Gasteiger partial charge >= 0.3 is 0 Å². The molecule has 2 aliphatic heterocycles. The van der Waals surface area contributed by atoms with Gasteiger partial charge in [0.1, 0.15) is 6.04 Å². The number of fused-ring (bicyclic) bond motifs is 1. The van der Waals surface area contributed by atoms with Crippen LogP contribution in [0.5, 0.6) is 0 Å². The maximum atomic E-state index is 13.1. The summed E-state index contributed by atoms with van der Waals surface area (Å²) < 4.78 is 5.28. The van der Waals surface area contributed by atoms with E-state index in [0.717, 1.165) is 33.0 Å². The first-order valence-electron chi connectivity index (χ1n) is 9.03. The zero-order valence-electron chi connectivity index (χ0n) is 15.5. The Bertz CT molecular complexity index is 579. The van der Waals surface area contributed by atoms with Gasteiger partial charge in [-0.05, 0) is 31.4 Å². The first-order valence-corrected chi connectivity index (χ1v) is 9.03. The number of aliphatic hydroxyl groups is 1. The molecule has 2 fully saturated rings. The first kappa shape index (κ1) is 20.4. The molecule has 0 aromatic heterocycles. The summed E-state index contributed by atoms with van der Waals surface area (Å²) in [5.74, 6) is -0.170. The SMILES string of the molecule is CO.COCC1CNCC2CCCC(NC(=O)c3ccccc3)C(=O)N21. The molecule has 3 N–H and O–H groups in total. The number of piperazine rings is 1. The van der Waals surface area contributed by atoms with Crippen LogP contribution in [0, 0.1) is 0 Å². The average Bonchev–Trinajstić information content (AvgIpc) is 2.84. The lowest BCUT2D eigenvalue weighted by molar-refractivity contribution is -0.140. The Morgan fingerprint density at radius 2 is 2.00 bits per heavy atom. The van der Waals surface area contributed by atoms with E-state index in [1.807, 2.05) is 23.1 Å². The number of benzene rings is 1. The minimum atomic E-state index is -0.458. The number of aliphatic hydroxyl groups excluding tert-OH is 1. The maximum Gasteiger partial charge on any atom is 0.251 e. The van der Waals surface area contributed by atoms with Crippen molar-refractivity contribution >= 4 is 11.8 Å². The van der Waals surface area contributed by atoms with Crippen LogP contribution in [-0.2, 0) is 9.53 Å². The Hall–Kier alpha value is -1.96. The van der Waals surface area contributed by atoms with Crippen molar-refractivity contribution in [2.24, 2.45) is 0 Å². The molecule has 1 aromatic carbocycles. The number of carbonyl (C=O) groups excluding carboxylic acids is 2. The van der Waals surface area contributed by atoms with Crippen molar-refractivity contribution in [3.05, 3.63) is 35.9 Å². The second-order valence-corrected chi connectivity index (χ2v) is 6.49. The highest BCUT2D eigenvalue weighted by Gasteiger charge is 2.39. The molecule has 2 heterocycles. The fourth-order valence-corrected chi connectivity index (χ4v) is 3.67. The smallest absolute Gasteiger partial charge is 0.251 e. The zero-order chi connectivity index (χ0) is 18.9. The second-order valence-electron chi connectivity index (χ2n) is 6.49. The van der Waals surface area contributed by atoms with Gasteiger partial charge in [0.25, 0.3) is 5.91 Å². The Morgan fingerprint density at radius 1 is 1.27 bits per heavy atom. The Balaban J connectivity index is 0.00000117.